The summed E-state index contributed by atoms with van der Waals surface area (Å²) in [6.07, 6.45) is 2.90. The summed E-state index contributed by atoms with van der Waals surface area (Å²) < 4.78 is 15.7. The Labute approximate surface area is 172 Å². The summed E-state index contributed by atoms with van der Waals surface area (Å²) in [4.78, 5) is 41.6. The van der Waals surface area contributed by atoms with Crippen molar-refractivity contribution in [1.29, 1.82) is 0 Å². The van der Waals surface area contributed by atoms with E-state index >= 15 is 0 Å². The Morgan fingerprint density at radius 2 is 2.00 bits per heavy atom. The minimum absolute atomic E-state index is 0.184. The third-order valence-corrected chi connectivity index (χ3v) is 4.78. The minimum atomic E-state index is -0.882. The first kappa shape index (κ1) is 22.4. The van der Waals surface area contributed by atoms with Crippen LogP contribution in [0.1, 0.15) is 50.5 Å². The molecule has 158 valence electrons. The molecule has 0 radical (unpaired) electrons. The monoisotopic (exact) mass is 423 g/mol. The fraction of sp³-hybridized carbons (Fsp3) is 0.474. The third-order valence-electron chi connectivity index (χ3n) is 3.59. The zero-order chi connectivity index (χ0) is 21.8. The lowest BCUT2D eigenvalue weighted by Crippen LogP contribution is -2.44. The van der Waals surface area contributed by atoms with E-state index in [2.05, 4.69) is 15.6 Å². The van der Waals surface area contributed by atoms with Crippen LogP contribution in [-0.4, -0.2) is 41.2 Å². The SMILES string of the molecule is CCOC(=O)c1c(NC(=O)N[C@@H](C)C(=O)OC(C)(C)C)sc(-c2ncco2)c1C. The Kier molecular flexibility index (Phi) is 7.02. The number of esters is 2. The number of hydrogen-bond acceptors (Lipinski definition) is 8. The molecule has 0 saturated heterocycles. The number of hydrogen-bond donors (Lipinski definition) is 2. The molecule has 0 unspecified atom stereocenters. The highest BCUT2D eigenvalue weighted by molar-refractivity contribution is 7.20. The first-order valence-corrected chi connectivity index (χ1v) is 9.85. The van der Waals surface area contributed by atoms with E-state index in [9.17, 15) is 14.4 Å². The van der Waals surface area contributed by atoms with Crippen molar-refractivity contribution in [1.82, 2.24) is 10.3 Å². The molecule has 1 atom stereocenters. The van der Waals surface area contributed by atoms with Gasteiger partial charge in [0, 0.05) is 0 Å². The number of carbonyl (C=O) groups is 3. The predicted octanol–water partition coefficient (Wildman–Crippen LogP) is 3.74. The second-order valence-electron chi connectivity index (χ2n) is 7.17. The largest absolute Gasteiger partial charge is 0.462 e. The summed E-state index contributed by atoms with van der Waals surface area (Å²) in [7, 11) is 0. The smallest absolute Gasteiger partial charge is 0.341 e. The Morgan fingerprint density at radius 3 is 2.55 bits per heavy atom. The molecule has 0 saturated carbocycles. The topological polar surface area (TPSA) is 120 Å². The molecule has 0 aliphatic rings. The molecule has 2 aromatic rings. The molecule has 0 bridgehead atoms. The maximum Gasteiger partial charge on any atom is 0.341 e. The first-order valence-electron chi connectivity index (χ1n) is 9.04. The third kappa shape index (κ3) is 5.80. The summed E-state index contributed by atoms with van der Waals surface area (Å²) >= 11 is 1.13. The molecular weight excluding hydrogens is 398 g/mol. The van der Waals surface area contributed by atoms with Crippen LogP contribution in [0.15, 0.2) is 16.9 Å². The zero-order valence-corrected chi connectivity index (χ0v) is 18.1. The van der Waals surface area contributed by atoms with Crippen molar-refractivity contribution in [3.63, 3.8) is 0 Å². The minimum Gasteiger partial charge on any atom is -0.462 e. The molecule has 2 rings (SSSR count). The van der Waals surface area contributed by atoms with E-state index in [0.717, 1.165) is 11.3 Å². The highest BCUT2D eigenvalue weighted by Crippen LogP contribution is 2.39. The lowest BCUT2D eigenvalue weighted by molar-refractivity contribution is -0.156. The van der Waals surface area contributed by atoms with Crippen molar-refractivity contribution in [3.05, 3.63) is 23.6 Å². The van der Waals surface area contributed by atoms with Gasteiger partial charge in [0.1, 0.15) is 22.9 Å². The molecule has 10 heteroatoms. The number of oxazole rings is 1. The number of rotatable bonds is 6. The van der Waals surface area contributed by atoms with Crippen molar-refractivity contribution < 1.29 is 28.3 Å². The second-order valence-corrected chi connectivity index (χ2v) is 8.19. The van der Waals surface area contributed by atoms with Crippen molar-refractivity contribution in [2.24, 2.45) is 0 Å². The number of ether oxygens (including phenoxy) is 2. The first-order chi connectivity index (χ1) is 13.5. The number of thiophene rings is 1. The molecule has 0 fully saturated rings. The normalized spacial score (nSPS) is 12.2. The molecular formula is C19H25N3O6S. The van der Waals surface area contributed by atoms with Crippen LogP contribution in [-0.2, 0) is 14.3 Å². The van der Waals surface area contributed by atoms with E-state index in [4.69, 9.17) is 13.9 Å². The fourth-order valence-electron chi connectivity index (χ4n) is 2.38. The Hall–Kier alpha value is -2.88. The van der Waals surface area contributed by atoms with Gasteiger partial charge in [0.25, 0.3) is 0 Å². The highest BCUT2D eigenvalue weighted by Gasteiger charge is 2.27. The Morgan fingerprint density at radius 1 is 1.31 bits per heavy atom. The summed E-state index contributed by atoms with van der Waals surface area (Å²) in [6, 6.07) is -1.54. The zero-order valence-electron chi connectivity index (χ0n) is 17.2. The maximum absolute atomic E-state index is 12.4. The van der Waals surface area contributed by atoms with Gasteiger partial charge in [0.15, 0.2) is 0 Å². The summed E-state index contributed by atoms with van der Waals surface area (Å²) in [5, 5.41) is 5.38. The van der Waals surface area contributed by atoms with Crippen LogP contribution in [0.2, 0.25) is 0 Å². The van der Waals surface area contributed by atoms with Gasteiger partial charge in [0.05, 0.1) is 23.2 Å². The van der Waals surface area contributed by atoms with Crippen LogP contribution in [0, 0.1) is 6.92 Å². The van der Waals surface area contributed by atoms with E-state index in [0.29, 0.717) is 16.3 Å². The van der Waals surface area contributed by atoms with Gasteiger partial charge in [-0.25, -0.2) is 19.4 Å². The molecule has 2 N–H and O–H groups in total. The van der Waals surface area contributed by atoms with Gasteiger partial charge in [-0.2, -0.15) is 0 Å². The summed E-state index contributed by atoms with van der Waals surface area (Å²) in [5.74, 6) is -0.815. The van der Waals surface area contributed by atoms with Crippen LogP contribution in [0.4, 0.5) is 9.80 Å². The van der Waals surface area contributed by atoms with Gasteiger partial charge >= 0.3 is 18.0 Å². The average Bonchev–Trinajstić information content (AvgIpc) is 3.21. The number of urea groups is 1. The molecule has 2 aromatic heterocycles. The summed E-state index contributed by atoms with van der Waals surface area (Å²) in [5.41, 5.74) is 0.118. The fourth-order valence-corrected chi connectivity index (χ4v) is 3.50. The lowest BCUT2D eigenvalue weighted by Gasteiger charge is -2.22. The van der Waals surface area contributed by atoms with Crippen LogP contribution in [0.3, 0.4) is 0 Å². The quantitative estimate of drug-likeness (QED) is 0.679. The van der Waals surface area contributed by atoms with Crippen LogP contribution >= 0.6 is 11.3 Å². The van der Waals surface area contributed by atoms with Gasteiger partial charge in [-0.15, -0.1) is 11.3 Å². The Bertz CT molecular complexity index is 883. The molecule has 9 nitrogen and oxygen atoms in total. The number of anilines is 1. The van der Waals surface area contributed by atoms with Gasteiger partial charge in [-0.3, -0.25) is 5.32 Å². The number of aromatic nitrogens is 1. The van der Waals surface area contributed by atoms with Crippen molar-refractivity contribution in [2.75, 3.05) is 11.9 Å². The van der Waals surface area contributed by atoms with Gasteiger partial charge in [-0.05, 0) is 47.1 Å². The van der Waals surface area contributed by atoms with Crippen molar-refractivity contribution >= 4 is 34.3 Å². The molecule has 0 spiro atoms. The number of carbonyl (C=O) groups excluding carboxylic acids is 3. The molecule has 2 heterocycles. The molecule has 29 heavy (non-hydrogen) atoms. The van der Waals surface area contributed by atoms with Crippen molar-refractivity contribution in [3.8, 4) is 10.8 Å². The van der Waals surface area contributed by atoms with E-state index in [1.165, 1.54) is 19.4 Å². The van der Waals surface area contributed by atoms with Crippen LogP contribution in [0.5, 0.6) is 0 Å². The summed E-state index contributed by atoms with van der Waals surface area (Å²) in [6.45, 7) is 10.3. The van der Waals surface area contributed by atoms with Crippen LogP contribution < -0.4 is 10.6 Å². The van der Waals surface area contributed by atoms with Crippen LogP contribution in [0.25, 0.3) is 10.8 Å². The van der Waals surface area contributed by atoms with Gasteiger partial charge < -0.3 is 19.2 Å². The van der Waals surface area contributed by atoms with Gasteiger partial charge in [-0.1, -0.05) is 0 Å². The number of nitrogens with zero attached hydrogens (tertiary/aromatic N) is 1. The predicted molar refractivity (Wildman–Crippen MR) is 108 cm³/mol. The Balaban J connectivity index is 2.22. The van der Waals surface area contributed by atoms with Crippen molar-refractivity contribution in [2.45, 2.75) is 53.2 Å². The highest BCUT2D eigenvalue weighted by atomic mass is 32.1. The second kappa shape index (κ2) is 9.08. The van der Waals surface area contributed by atoms with Gasteiger partial charge in [0.2, 0.25) is 5.89 Å². The van der Waals surface area contributed by atoms with E-state index in [-0.39, 0.29) is 17.2 Å². The average molecular weight is 423 g/mol. The maximum atomic E-state index is 12.4. The van der Waals surface area contributed by atoms with E-state index in [1.54, 1.807) is 34.6 Å². The van der Waals surface area contributed by atoms with E-state index < -0.39 is 29.6 Å². The number of amides is 2. The lowest BCUT2D eigenvalue weighted by atomic mass is 10.1. The standard InChI is InChI=1S/C19H25N3O6S/c1-7-26-17(24)12-10(2)13(14-20-8-9-27-14)29-15(12)22-18(25)21-11(3)16(23)28-19(4,5)6/h8-9,11H,7H2,1-6H3,(H2,21,22,25)/t11-/m0/s1. The molecule has 0 aliphatic carbocycles. The molecule has 0 aromatic carbocycles. The number of nitrogens with one attached hydrogen (secondary N) is 2. The van der Waals surface area contributed by atoms with E-state index in [1.807, 2.05) is 0 Å². The molecule has 0 aliphatic heterocycles. The molecule has 2 amide bonds.